The van der Waals surface area contributed by atoms with Crippen molar-refractivity contribution in [2.75, 3.05) is 18.4 Å². The van der Waals surface area contributed by atoms with Crippen LogP contribution in [0.3, 0.4) is 0 Å². The van der Waals surface area contributed by atoms with Crippen LogP contribution in [-0.4, -0.2) is 29.9 Å². The Labute approximate surface area is 156 Å². The third kappa shape index (κ3) is 7.42. The van der Waals surface area contributed by atoms with Crippen molar-refractivity contribution in [3.63, 3.8) is 0 Å². The summed E-state index contributed by atoms with van der Waals surface area (Å²) in [4.78, 5) is 21.3. The molecule has 0 saturated carbocycles. The molecule has 2 aromatic rings. The van der Waals surface area contributed by atoms with Crippen molar-refractivity contribution >= 4 is 52.9 Å². The first kappa shape index (κ1) is 19.4. The lowest BCUT2D eigenvalue weighted by Gasteiger charge is -2.10. The van der Waals surface area contributed by atoms with Crippen LogP contribution in [0.15, 0.2) is 47.0 Å². The summed E-state index contributed by atoms with van der Waals surface area (Å²) in [5.74, 6) is 0.443. The smallest absolute Gasteiger partial charge is 0.246 e. The van der Waals surface area contributed by atoms with E-state index < -0.39 is 0 Å². The van der Waals surface area contributed by atoms with Crippen LogP contribution in [0.2, 0.25) is 0 Å². The second kappa shape index (κ2) is 10.9. The number of halogens is 1. The Balaban J connectivity index is 0.00000264. The largest absolute Gasteiger partial charge is 0.357 e. The van der Waals surface area contributed by atoms with Crippen LogP contribution >= 0.6 is 35.3 Å². The Morgan fingerprint density at radius 2 is 2.17 bits per heavy atom. The zero-order chi connectivity index (χ0) is 15.6. The number of pyridine rings is 1. The molecule has 0 fully saturated rings. The molecule has 0 aliphatic carbocycles. The van der Waals surface area contributed by atoms with E-state index in [1.165, 1.54) is 4.88 Å². The predicted molar refractivity (Wildman–Crippen MR) is 105 cm³/mol. The molecule has 1 amide bonds. The van der Waals surface area contributed by atoms with Gasteiger partial charge in [-0.2, -0.15) is 0 Å². The summed E-state index contributed by atoms with van der Waals surface area (Å²) in [6.07, 6.45) is 3.26. The van der Waals surface area contributed by atoms with Crippen LogP contribution in [0, 0.1) is 0 Å². The number of nitrogens with one attached hydrogen (secondary N) is 3. The number of hydrogen-bond donors (Lipinski definition) is 3. The van der Waals surface area contributed by atoms with E-state index >= 15 is 0 Å². The van der Waals surface area contributed by atoms with Gasteiger partial charge < -0.3 is 16.0 Å². The van der Waals surface area contributed by atoms with Gasteiger partial charge in [-0.05, 0) is 30.5 Å². The number of carbonyl (C=O) groups is 1. The molecule has 2 aromatic heterocycles. The van der Waals surface area contributed by atoms with Gasteiger partial charge in [-0.25, -0.2) is 4.99 Å². The summed E-state index contributed by atoms with van der Waals surface area (Å²) < 4.78 is 0. The molecule has 0 spiro atoms. The molecular formula is C15H20IN5OS. The SMILES string of the molecule is CCNC(=NCC(=O)Nc1cccnc1)NCc1cccs1.I. The van der Waals surface area contributed by atoms with E-state index in [0.29, 0.717) is 18.2 Å². The fraction of sp³-hybridized carbons (Fsp3) is 0.267. The normalized spacial score (nSPS) is 10.6. The molecule has 0 atom stereocenters. The van der Waals surface area contributed by atoms with Gasteiger partial charge in [0.05, 0.1) is 18.4 Å². The molecule has 0 aliphatic heterocycles. The van der Waals surface area contributed by atoms with Gasteiger partial charge in [0.15, 0.2) is 5.96 Å². The van der Waals surface area contributed by atoms with Crippen LogP contribution < -0.4 is 16.0 Å². The minimum atomic E-state index is -0.179. The molecule has 8 heteroatoms. The Morgan fingerprint density at radius 3 is 2.83 bits per heavy atom. The molecule has 3 N–H and O–H groups in total. The first-order chi connectivity index (χ1) is 10.8. The predicted octanol–water partition coefficient (Wildman–Crippen LogP) is 2.45. The van der Waals surface area contributed by atoms with E-state index in [1.807, 2.05) is 18.4 Å². The number of amides is 1. The van der Waals surface area contributed by atoms with Crippen molar-refractivity contribution in [2.45, 2.75) is 13.5 Å². The fourth-order valence-corrected chi connectivity index (χ4v) is 2.36. The molecule has 2 rings (SSSR count). The van der Waals surface area contributed by atoms with E-state index in [1.54, 1.807) is 35.9 Å². The molecular weight excluding hydrogens is 425 g/mol. The van der Waals surface area contributed by atoms with Crippen molar-refractivity contribution in [3.05, 3.63) is 46.9 Å². The number of guanidine groups is 1. The van der Waals surface area contributed by atoms with Gasteiger partial charge in [0, 0.05) is 17.6 Å². The van der Waals surface area contributed by atoms with Crippen LogP contribution in [0.4, 0.5) is 5.69 Å². The molecule has 124 valence electrons. The molecule has 23 heavy (non-hydrogen) atoms. The molecule has 0 saturated heterocycles. The topological polar surface area (TPSA) is 78.4 Å². The highest BCUT2D eigenvalue weighted by atomic mass is 127. The monoisotopic (exact) mass is 445 g/mol. The number of hydrogen-bond acceptors (Lipinski definition) is 4. The second-order valence-electron chi connectivity index (χ2n) is 4.42. The molecule has 0 aromatic carbocycles. The average Bonchev–Trinajstić information content (AvgIpc) is 3.04. The van der Waals surface area contributed by atoms with E-state index in [9.17, 15) is 4.79 Å². The number of anilines is 1. The molecule has 0 bridgehead atoms. The number of thiophene rings is 1. The number of aliphatic imine (C=N–C) groups is 1. The number of nitrogens with zero attached hydrogens (tertiary/aromatic N) is 2. The fourth-order valence-electron chi connectivity index (χ4n) is 1.71. The Kier molecular flexibility index (Phi) is 9.22. The first-order valence-electron chi connectivity index (χ1n) is 7.02. The third-order valence-electron chi connectivity index (χ3n) is 2.68. The second-order valence-corrected chi connectivity index (χ2v) is 5.45. The lowest BCUT2D eigenvalue weighted by atomic mass is 10.4. The first-order valence-corrected chi connectivity index (χ1v) is 7.90. The van der Waals surface area contributed by atoms with Crippen molar-refractivity contribution in [2.24, 2.45) is 4.99 Å². The summed E-state index contributed by atoms with van der Waals surface area (Å²) in [6.45, 7) is 3.46. The van der Waals surface area contributed by atoms with Crippen LogP contribution in [0.1, 0.15) is 11.8 Å². The van der Waals surface area contributed by atoms with Gasteiger partial charge >= 0.3 is 0 Å². The van der Waals surface area contributed by atoms with E-state index in [-0.39, 0.29) is 36.4 Å². The summed E-state index contributed by atoms with van der Waals surface area (Å²) in [7, 11) is 0. The Bertz CT molecular complexity index is 604. The highest BCUT2D eigenvalue weighted by Crippen LogP contribution is 2.07. The van der Waals surface area contributed by atoms with Gasteiger partial charge in [0.2, 0.25) is 5.91 Å². The summed E-state index contributed by atoms with van der Waals surface area (Å²) in [6, 6.07) is 7.61. The minimum Gasteiger partial charge on any atom is -0.357 e. The lowest BCUT2D eigenvalue weighted by molar-refractivity contribution is -0.114. The zero-order valence-electron chi connectivity index (χ0n) is 12.8. The maximum atomic E-state index is 11.9. The molecule has 0 unspecified atom stereocenters. The average molecular weight is 445 g/mol. The standard InChI is InChI=1S/C15H19N5OS.HI/c1-2-17-15(18-10-13-6-4-8-22-13)19-11-14(21)20-12-5-3-7-16-9-12;/h3-9H,2,10-11H2,1H3,(H,20,21)(H2,17,18,19);1H. The Hall–Kier alpha value is -1.68. The minimum absolute atomic E-state index is 0. The Morgan fingerprint density at radius 1 is 1.30 bits per heavy atom. The van der Waals surface area contributed by atoms with E-state index in [2.05, 4.69) is 32.0 Å². The molecule has 0 aliphatic rings. The van der Waals surface area contributed by atoms with Gasteiger partial charge in [-0.1, -0.05) is 6.07 Å². The molecule has 2 heterocycles. The van der Waals surface area contributed by atoms with Crippen LogP contribution in [-0.2, 0) is 11.3 Å². The maximum Gasteiger partial charge on any atom is 0.246 e. The van der Waals surface area contributed by atoms with E-state index in [4.69, 9.17) is 0 Å². The molecule has 6 nitrogen and oxygen atoms in total. The third-order valence-corrected chi connectivity index (χ3v) is 3.56. The number of carbonyl (C=O) groups excluding carboxylic acids is 1. The van der Waals surface area contributed by atoms with Gasteiger partial charge in [0.25, 0.3) is 0 Å². The summed E-state index contributed by atoms with van der Waals surface area (Å²) in [5, 5.41) is 11.1. The van der Waals surface area contributed by atoms with E-state index in [0.717, 1.165) is 6.54 Å². The quantitative estimate of drug-likeness (QED) is 0.363. The highest BCUT2D eigenvalue weighted by molar-refractivity contribution is 14.0. The highest BCUT2D eigenvalue weighted by Gasteiger charge is 2.03. The van der Waals surface area contributed by atoms with Crippen molar-refractivity contribution in [1.82, 2.24) is 15.6 Å². The number of aromatic nitrogens is 1. The molecule has 0 radical (unpaired) electrons. The number of rotatable bonds is 6. The van der Waals surface area contributed by atoms with Crippen molar-refractivity contribution in [3.8, 4) is 0 Å². The van der Waals surface area contributed by atoms with Gasteiger partial charge in [-0.15, -0.1) is 35.3 Å². The van der Waals surface area contributed by atoms with Crippen molar-refractivity contribution in [1.29, 1.82) is 0 Å². The van der Waals surface area contributed by atoms with Crippen LogP contribution in [0.5, 0.6) is 0 Å². The van der Waals surface area contributed by atoms with Gasteiger partial charge in [-0.3, -0.25) is 9.78 Å². The van der Waals surface area contributed by atoms with Gasteiger partial charge in [0.1, 0.15) is 6.54 Å². The lowest BCUT2D eigenvalue weighted by Crippen LogP contribution is -2.37. The summed E-state index contributed by atoms with van der Waals surface area (Å²) in [5.41, 5.74) is 0.666. The maximum absolute atomic E-state index is 11.9. The zero-order valence-corrected chi connectivity index (χ0v) is 15.9. The summed E-state index contributed by atoms with van der Waals surface area (Å²) >= 11 is 1.68. The van der Waals surface area contributed by atoms with Crippen LogP contribution in [0.25, 0.3) is 0 Å². The van der Waals surface area contributed by atoms with Crippen molar-refractivity contribution < 1.29 is 4.79 Å².